The van der Waals surface area contributed by atoms with Gasteiger partial charge in [0.05, 0.1) is 16.4 Å². The third kappa shape index (κ3) is 2.93. The minimum Gasteiger partial charge on any atom is -0.330 e. The lowest BCUT2D eigenvalue weighted by molar-refractivity contribution is 1.31. The molecule has 0 unspecified atom stereocenters. The summed E-state index contributed by atoms with van der Waals surface area (Å²) in [5, 5.41) is 7.13. The second-order valence-electron chi connectivity index (χ2n) is 4.02. The molecule has 100 valence electrons. The van der Waals surface area contributed by atoms with Crippen molar-refractivity contribution in [3.63, 3.8) is 0 Å². The van der Waals surface area contributed by atoms with Crippen LogP contribution in [0.5, 0.6) is 0 Å². The van der Waals surface area contributed by atoms with Gasteiger partial charge in [-0.2, -0.15) is 0 Å². The van der Waals surface area contributed by atoms with Gasteiger partial charge in [-0.25, -0.2) is 4.98 Å². The number of nitrogens with zero attached hydrogens (tertiary/aromatic N) is 2. The van der Waals surface area contributed by atoms with E-state index in [4.69, 9.17) is 23.2 Å². The Kier molecular flexibility index (Phi) is 3.87. The van der Waals surface area contributed by atoms with Crippen LogP contribution < -0.4 is 5.32 Å². The molecule has 1 N–H and O–H groups in total. The zero-order valence-electron chi connectivity index (χ0n) is 10.2. The molecule has 1 aromatic carbocycles. The monoisotopic (exact) mass is 321 g/mol. The largest absolute Gasteiger partial charge is 0.330 e. The summed E-state index contributed by atoms with van der Waals surface area (Å²) < 4.78 is 0. The SMILES string of the molecule is Clc1ccc(Nc2nc(-c3ccncc3)cs2)c(Cl)c1. The average Bonchev–Trinajstić information content (AvgIpc) is 2.92. The highest BCUT2D eigenvalue weighted by molar-refractivity contribution is 7.14. The lowest BCUT2D eigenvalue weighted by atomic mass is 10.2. The topological polar surface area (TPSA) is 37.8 Å². The first-order chi connectivity index (χ1) is 9.72. The maximum atomic E-state index is 6.12. The van der Waals surface area contributed by atoms with E-state index in [2.05, 4.69) is 15.3 Å². The molecule has 2 aromatic heterocycles. The highest BCUT2D eigenvalue weighted by Gasteiger charge is 2.07. The molecule has 20 heavy (non-hydrogen) atoms. The van der Waals surface area contributed by atoms with E-state index in [1.54, 1.807) is 24.5 Å². The summed E-state index contributed by atoms with van der Waals surface area (Å²) in [6, 6.07) is 9.16. The van der Waals surface area contributed by atoms with E-state index in [1.165, 1.54) is 11.3 Å². The Morgan fingerprint density at radius 1 is 1.05 bits per heavy atom. The third-order valence-corrected chi connectivity index (χ3v) is 3.96. The van der Waals surface area contributed by atoms with Crippen LogP contribution in [0, 0.1) is 0 Å². The Bertz CT molecular complexity index is 728. The van der Waals surface area contributed by atoms with Crippen molar-refractivity contribution in [2.75, 3.05) is 5.32 Å². The summed E-state index contributed by atoms with van der Waals surface area (Å²) in [6.07, 6.45) is 3.50. The zero-order chi connectivity index (χ0) is 13.9. The molecule has 0 aliphatic heterocycles. The number of hydrogen-bond donors (Lipinski definition) is 1. The third-order valence-electron chi connectivity index (χ3n) is 2.65. The summed E-state index contributed by atoms with van der Waals surface area (Å²) in [4.78, 5) is 8.52. The number of thiazole rings is 1. The molecule has 6 heteroatoms. The molecule has 2 heterocycles. The van der Waals surface area contributed by atoms with Crippen molar-refractivity contribution in [3.8, 4) is 11.3 Å². The number of benzene rings is 1. The maximum Gasteiger partial charge on any atom is 0.187 e. The normalized spacial score (nSPS) is 10.5. The smallest absolute Gasteiger partial charge is 0.187 e. The highest BCUT2D eigenvalue weighted by Crippen LogP contribution is 2.31. The molecule has 0 amide bonds. The summed E-state index contributed by atoms with van der Waals surface area (Å²) in [6.45, 7) is 0. The zero-order valence-corrected chi connectivity index (χ0v) is 12.5. The predicted molar refractivity (Wildman–Crippen MR) is 85.1 cm³/mol. The molecule has 0 radical (unpaired) electrons. The van der Waals surface area contributed by atoms with Gasteiger partial charge in [0.25, 0.3) is 0 Å². The molecule has 3 aromatic rings. The highest BCUT2D eigenvalue weighted by atomic mass is 35.5. The van der Waals surface area contributed by atoms with Gasteiger partial charge < -0.3 is 5.32 Å². The van der Waals surface area contributed by atoms with E-state index in [0.717, 1.165) is 22.1 Å². The molecule has 0 bridgehead atoms. The van der Waals surface area contributed by atoms with Crippen molar-refractivity contribution >= 4 is 45.4 Å². The van der Waals surface area contributed by atoms with Crippen LogP contribution in [0.25, 0.3) is 11.3 Å². The molecule has 0 fully saturated rings. The second kappa shape index (κ2) is 5.79. The van der Waals surface area contributed by atoms with Gasteiger partial charge in [-0.15, -0.1) is 11.3 Å². The Morgan fingerprint density at radius 3 is 2.60 bits per heavy atom. The molecule has 0 aliphatic rings. The van der Waals surface area contributed by atoms with E-state index in [9.17, 15) is 0 Å². The number of rotatable bonds is 3. The van der Waals surface area contributed by atoms with Crippen molar-refractivity contribution in [2.24, 2.45) is 0 Å². The van der Waals surface area contributed by atoms with Gasteiger partial charge in [0.15, 0.2) is 5.13 Å². The van der Waals surface area contributed by atoms with Crippen molar-refractivity contribution < 1.29 is 0 Å². The molecule has 0 atom stereocenters. The summed E-state index contributed by atoms with van der Waals surface area (Å²) >= 11 is 13.5. The minimum atomic E-state index is 0.568. The number of aromatic nitrogens is 2. The molecular formula is C14H9Cl2N3S. The Balaban J connectivity index is 1.84. The van der Waals surface area contributed by atoms with Gasteiger partial charge in [0.2, 0.25) is 0 Å². The molecule has 3 rings (SSSR count). The number of pyridine rings is 1. The van der Waals surface area contributed by atoms with Gasteiger partial charge in [0, 0.05) is 28.4 Å². The van der Waals surface area contributed by atoms with Crippen LogP contribution in [0.15, 0.2) is 48.1 Å². The Hall–Kier alpha value is -1.62. The number of anilines is 2. The fourth-order valence-corrected chi connectivity index (χ4v) is 2.88. The Labute approximate surface area is 130 Å². The average molecular weight is 322 g/mol. The van der Waals surface area contributed by atoms with Gasteiger partial charge in [0.1, 0.15) is 0 Å². The molecule has 0 aliphatic carbocycles. The first-order valence-electron chi connectivity index (χ1n) is 5.80. The van der Waals surface area contributed by atoms with E-state index in [1.807, 2.05) is 23.6 Å². The van der Waals surface area contributed by atoms with Crippen LogP contribution in [-0.4, -0.2) is 9.97 Å². The van der Waals surface area contributed by atoms with Gasteiger partial charge in [-0.1, -0.05) is 23.2 Å². The lowest BCUT2D eigenvalue weighted by Gasteiger charge is -2.05. The van der Waals surface area contributed by atoms with Crippen molar-refractivity contribution in [1.29, 1.82) is 0 Å². The molecule has 3 nitrogen and oxygen atoms in total. The quantitative estimate of drug-likeness (QED) is 0.715. The van der Waals surface area contributed by atoms with Crippen LogP contribution in [0.4, 0.5) is 10.8 Å². The number of nitrogens with one attached hydrogen (secondary N) is 1. The van der Waals surface area contributed by atoms with E-state index >= 15 is 0 Å². The molecule has 0 spiro atoms. The fourth-order valence-electron chi connectivity index (χ4n) is 1.69. The number of hydrogen-bond acceptors (Lipinski definition) is 4. The van der Waals surface area contributed by atoms with Crippen LogP contribution in [0.3, 0.4) is 0 Å². The fraction of sp³-hybridized carbons (Fsp3) is 0. The molecule has 0 saturated heterocycles. The van der Waals surface area contributed by atoms with Gasteiger partial charge >= 0.3 is 0 Å². The van der Waals surface area contributed by atoms with Crippen LogP contribution in [0.1, 0.15) is 0 Å². The van der Waals surface area contributed by atoms with Crippen molar-refractivity contribution in [1.82, 2.24) is 9.97 Å². The Morgan fingerprint density at radius 2 is 1.85 bits per heavy atom. The first-order valence-corrected chi connectivity index (χ1v) is 7.44. The predicted octanol–water partition coefficient (Wildman–Crippen LogP) is 5.26. The maximum absolute atomic E-state index is 6.12. The van der Waals surface area contributed by atoms with Crippen LogP contribution >= 0.6 is 34.5 Å². The second-order valence-corrected chi connectivity index (χ2v) is 5.72. The summed E-state index contributed by atoms with van der Waals surface area (Å²) in [7, 11) is 0. The van der Waals surface area contributed by atoms with E-state index < -0.39 is 0 Å². The standard InChI is InChI=1S/C14H9Cl2N3S/c15-10-1-2-12(11(16)7-10)18-14-19-13(8-20-14)9-3-5-17-6-4-9/h1-8H,(H,18,19). The first kappa shape index (κ1) is 13.4. The van der Waals surface area contributed by atoms with Crippen molar-refractivity contribution in [2.45, 2.75) is 0 Å². The van der Waals surface area contributed by atoms with Gasteiger partial charge in [-0.3, -0.25) is 4.98 Å². The molecule has 0 saturated carbocycles. The lowest BCUT2D eigenvalue weighted by Crippen LogP contribution is -1.90. The minimum absolute atomic E-state index is 0.568. The van der Waals surface area contributed by atoms with Gasteiger partial charge in [-0.05, 0) is 30.3 Å². The van der Waals surface area contributed by atoms with Crippen LogP contribution in [0.2, 0.25) is 10.0 Å². The summed E-state index contributed by atoms with van der Waals surface area (Å²) in [5.74, 6) is 0. The summed E-state index contributed by atoms with van der Waals surface area (Å²) in [5.41, 5.74) is 2.73. The van der Waals surface area contributed by atoms with Crippen LogP contribution in [-0.2, 0) is 0 Å². The number of halogens is 2. The molecular weight excluding hydrogens is 313 g/mol. The van der Waals surface area contributed by atoms with E-state index in [-0.39, 0.29) is 0 Å². The van der Waals surface area contributed by atoms with Crippen molar-refractivity contribution in [3.05, 3.63) is 58.2 Å². The van der Waals surface area contributed by atoms with E-state index in [0.29, 0.717) is 10.0 Å².